The number of hydrogen-bond acceptors (Lipinski definition) is 5. The van der Waals surface area contributed by atoms with E-state index in [9.17, 15) is 4.79 Å². The normalized spacial score (nSPS) is 17.7. The predicted molar refractivity (Wildman–Crippen MR) is 109 cm³/mol. The van der Waals surface area contributed by atoms with Crippen LogP contribution < -0.4 is 4.90 Å². The van der Waals surface area contributed by atoms with Crippen LogP contribution in [0.25, 0.3) is 0 Å². The summed E-state index contributed by atoms with van der Waals surface area (Å²) in [6, 6.07) is 10.5. The number of benzene rings is 1. The summed E-state index contributed by atoms with van der Waals surface area (Å²) in [5, 5.41) is 0.815. The van der Waals surface area contributed by atoms with Crippen LogP contribution in [0.5, 0.6) is 0 Å². The number of aryl methyl sites for hydroxylation is 1. The van der Waals surface area contributed by atoms with Gasteiger partial charge in [-0.15, -0.1) is 0 Å². The summed E-state index contributed by atoms with van der Waals surface area (Å²) in [6.45, 7) is 5.38. The Bertz CT molecular complexity index is 833. The van der Waals surface area contributed by atoms with Crippen molar-refractivity contribution in [2.75, 3.05) is 30.8 Å². The smallest absolute Gasteiger partial charge is 0.226 e. The third kappa shape index (κ3) is 3.95. The van der Waals surface area contributed by atoms with Gasteiger partial charge in [-0.05, 0) is 43.6 Å². The Balaban J connectivity index is 1.38. The van der Waals surface area contributed by atoms with E-state index in [1.165, 1.54) is 11.1 Å². The first-order valence-corrected chi connectivity index (χ1v) is 10.9. The molecule has 0 radical (unpaired) electrons. The van der Waals surface area contributed by atoms with Gasteiger partial charge in [0.15, 0.2) is 5.16 Å². The first-order valence-electron chi connectivity index (χ1n) is 9.64. The average Bonchev–Trinajstić information content (AvgIpc) is 2.72. The van der Waals surface area contributed by atoms with Gasteiger partial charge in [0.2, 0.25) is 5.91 Å². The Morgan fingerprint density at radius 1 is 1.11 bits per heavy atom. The Morgan fingerprint density at radius 3 is 2.59 bits per heavy atom. The van der Waals surface area contributed by atoms with Gasteiger partial charge in [0.05, 0.1) is 0 Å². The van der Waals surface area contributed by atoms with E-state index in [2.05, 4.69) is 44.0 Å². The van der Waals surface area contributed by atoms with Crippen molar-refractivity contribution >= 4 is 23.5 Å². The van der Waals surface area contributed by atoms with Crippen LogP contribution in [0.1, 0.15) is 29.7 Å². The van der Waals surface area contributed by atoms with Crippen LogP contribution in [0.3, 0.4) is 0 Å². The number of rotatable bonds is 3. The Kier molecular flexibility index (Phi) is 5.34. The molecule has 1 fully saturated rings. The van der Waals surface area contributed by atoms with E-state index < -0.39 is 0 Å². The molecule has 0 atom stereocenters. The molecule has 1 aromatic carbocycles. The van der Waals surface area contributed by atoms with Crippen LogP contribution in [-0.2, 0) is 17.8 Å². The maximum atomic E-state index is 13.0. The van der Waals surface area contributed by atoms with Crippen LogP contribution >= 0.6 is 11.8 Å². The zero-order valence-electron chi connectivity index (χ0n) is 16.0. The molecular formula is C21H26N4OS. The van der Waals surface area contributed by atoms with E-state index in [4.69, 9.17) is 0 Å². The first-order chi connectivity index (χ1) is 13.1. The number of anilines is 1. The van der Waals surface area contributed by atoms with Gasteiger partial charge < -0.3 is 9.80 Å². The second-order valence-corrected chi connectivity index (χ2v) is 8.17. The molecule has 0 saturated carbocycles. The lowest BCUT2D eigenvalue weighted by molar-refractivity contribution is -0.137. The number of aromatic nitrogens is 2. The van der Waals surface area contributed by atoms with Gasteiger partial charge >= 0.3 is 0 Å². The van der Waals surface area contributed by atoms with Crippen LogP contribution in [-0.4, -0.2) is 46.7 Å². The summed E-state index contributed by atoms with van der Waals surface area (Å²) in [5.41, 5.74) is 3.69. The van der Waals surface area contributed by atoms with E-state index >= 15 is 0 Å². The van der Waals surface area contributed by atoms with Crippen molar-refractivity contribution in [3.63, 3.8) is 0 Å². The summed E-state index contributed by atoms with van der Waals surface area (Å²) in [6.07, 6.45) is 4.77. The molecule has 0 N–H and O–H groups in total. The van der Waals surface area contributed by atoms with Crippen molar-refractivity contribution in [2.45, 2.75) is 37.9 Å². The van der Waals surface area contributed by atoms with Crippen LogP contribution in [0.15, 0.2) is 35.5 Å². The fraction of sp³-hybridized carbons (Fsp3) is 0.476. The summed E-state index contributed by atoms with van der Waals surface area (Å²) >= 11 is 1.57. The molecule has 2 aliphatic rings. The molecule has 0 aliphatic carbocycles. The van der Waals surface area contributed by atoms with Crippen molar-refractivity contribution in [3.8, 4) is 0 Å². The molecule has 1 amide bonds. The molecule has 2 aliphatic heterocycles. The maximum absolute atomic E-state index is 13.0. The number of fused-ring (bicyclic) bond motifs is 1. The Hall–Kier alpha value is -2.08. The molecule has 27 heavy (non-hydrogen) atoms. The average molecular weight is 383 g/mol. The fourth-order valence-corrected chi connectivity index (χ4v) is 4.50. The van der Waals surface area contributed by atoms with Gasteiger partial charge in [-0.1, -0.05) is 36.0 Å². The highest BCUT2D eigenvalue weighted by Gasteiger charge is 2.30. The quantitative estimate of drug-likeness (QED) is 0.602. The highest BCUT2D eigenvalue weighted by atomic mass is 32.2. The minimum atomic E-state index is 0.134. The highest BCUT2D eigenvalue weighted by Crippen LogP contribution is 2.27. The minimum Gasteiger partial charge on any atom is -0.356 e. The lowest BCUT2D eigenvalue weighted by atomic mass is 9.93. The first kappa shape index (κ1) is 18.3. The number of hydrogen-bond donors (Lipinski definition) is 0. The topological polar surface area (TPSA) is 49.3 Å². The van der Waals surface area contributed by atoms with Gasteiger partial charge in [-0.25, -0.2) is 9.97 Å². The fourth-order valence-electron chi connectivity index (χ4n) is 4.08. The summed E-state index contributed by atoms with van der Waals surface area (Å²) in [4.78, 5) is 26.5. The number of carbonyl (C=O) groups excluding carboxylic acids is 1. The van der Waals surface area contributed by atoms with Gasteiger partial charge in [0, 0.05) is 43.9 Å². The van der Waals surface area contributed by atoms with Crippen molar-refractivity contribution in [2.24, 2.45) is 5.92 Å². The van der Waals surface area contributed by atoms with Crippen molar-refractivity contribution in [1.29, 1.82) is 0 Å². The van der Waals surface area contributed by atoms with E-state index in [1.807, 2.05) is 19.2 Å². The summed E-state index contributed by atoms with van der Waals surface area (Å²) in [5.74, 6) is 1.45. The number of carbonyl (C=O) groups is 1. The molecule has 0 spiro atoms. The lowest BCUT2D eigenvalue weighted by Crippen LogP contribution is -2.44. The largest absolute Gasteiger partial charge is 0.356 e. The van der Waals surface area contributed by atoms with Crippen molar-refractivity contribution in [3.05, 3.63) is 47.2 Å². The monoisotopic (exact) mass is 382 g/mol. The van der Waals surface area contributed by atoms with Gasteiger partial charge in [-0.2, -0.15) is 0 Å². The Labute approximate surface area is 165 Å². The lowest BCUT2D eigenvalue weighted by Gasteiger charge is -2.36. The molecule has 5 nitrogen and oxygen atoms in total. The minimum absolute atomic E-state index is 0.134. The van der Waals surface area contributed by atoms with Gasteiger partial charge in [-0.3, -0.25) is 4.79 Å². The van der Waals surface area contributed by atoms with E-state index in [-0.39, 0.29) is 5.92 Å². The number of nitrogens with zero attached hydrogens (tertiary/aromatic N) is 4. The third-order valence-corrected chi connectivity index (χ3v) is 6.16. The molecule has 0 bridgehead atoms. The number of thioether (sulfide) groups is 1. The van der Waals surface area contributed by atoms with E-state index in [0.29, 0.717) is 5.91 Å². The van der Waals surface area contributed by atoms with Gasteiger partial charge in [0.1, 0.15) is 5.82 Å². The second kappa shape index (κ2) is 7.89. The predicted octanol–water partition coefficient (Wildman–Crippen LogP) is 3.31. The van der Waals surface area contributed by atoms with E-state index in [0.717, 1.165) is 62.1 Å². The Morgan fingerprint density at radius 2 is 1.85 bits per heavy atom. The molecule has 1 aromatic heterocycles. The zero-order valence-corrected chi connectivity index (χ0v) is 16.8. The summed E-state index contributed by atoms with van der Waals surface area (Å²) < 4.78 is 0. The molecular weight excluding hydrogens is 356 g/mol. The maximum Gasteiger partial charge on any atom is 0.226 e. The molecule has 4 rings (SSSR count). The molecule has 6 heteroatoms. The molecule has 142 valence electrons. The van der Waals surface area contributed by atoms with Crippen molar-refractivity contribution < 1.29 is 4.79 Å². The zero-order chi connectivity index (χ0) is 18.8. The van der Waals surface area contributed by atoms with Crippen LogP contribution in [0, 0.1) is 12.8 Å². The van der Waals surface area contributed by atoms with E-state index in [1.54, 1.807) is 11.8 Å². The van der Waals surface area contributed by atoms with Gasteiger partial charge in [0.25, 0.3) is 0 Å². The molecule has 3 heterocycles. The molecule has 1 saturated heterocycles. The highest BCUT2D eigenvalue weighted by molar-refractivity contribution is 7.98. The van der Waals surface area contributed by atoms with Crippen molar-refractivity contribution in [1.82, 2.24) is 14.9 Å². The SMILES string of the molecule is CSc1nc(C)cc(N2CCC(C(=O)N3CCc4ccccc4C3)CC2)n1. The number of piperidine rings is 1. The molecule has 0 unspecified atom stereocenters. The standard InChI is InChI=1S/C21H26N4OS/c1-15-13-19(23-21(22-15)27-2)24-10-8-17(9-11-24)20(26)25-12-7-16-5-3-4-6-18(16)14-25/h3-6,13,17H,7-12,14H2,1-2H3. The number of amides is 1. The molecule has 2 aromatic rings. The van der Waals surface area contributed by atoms with Crippen LogP contribution in [0.2, 0.25) is 0 Å². The third-order valence-electron chi connectivity index (χ3n) is 5.61. The second-order valence-electron chi connectivity index (χ2n) is 7.39. The summed E-state index contributed by atoms with van der Waals surface area (Å²) in [7, 11) is 0. The van der Waals surface area contributed by atoms with Crippen LogP contribution in [0.4, 0.5) is 5.82 Å².